The lowest BCUT2D eigenvalue weighted by atomic mass is 10.1. The van der Waals surface area contributed by atoms with Gasteiger partial charge in [-0.2, -0.15) is 0 Å². The summed E-state index contributed by atoms with van der Waals surface area (Å²) in [5.41, 5.74) is 1.87. The van der Waals surface area contributed by atoms with E-state index < -0.39 is 5.97 Å². The molecule has 0 saturated carbocycles. The van der Waals surface area contributed by atoms with Crippen LogP contribution in [0.1, 0.15) is 21.5 Å². The second kappa shape index (κ2) is 5.85. The number of halogens is 2. The zero-order chi connectivity index (χ0) is 14.9. The van der Waals surface area contributed by atoms with Crippen LogP contribution in [0.3, 0.4) is 0 Å². The van der Waals surface area contributed by atoms with E-state index in [1.807, 2.05) is 13.8 Å². The van der Waals surface area contributed by atoms with E-state index in [0.717, 1.165) is 11.1 Å². The van der Waals surface area contributed by atoms with Gasteiger partial charge >= 0.3 is 5.97 Å². The molecule has 0 saturated heterocycles. The molecule has 2 aromatic carbocycles. The van der Waals surface area contributed by atoms with Crippen molar-refractivity contribution in [3.63, 3.8) is 0 Å². The largest absolute Gasteiger partial charge is 0.478 e. The number of carbonyl (C=O) groups is 1. The fourth-order valence-electron chi connectivity index (χ4n) is 1.85. The zero-order valence-corrected chi connectivity index (χ0v) is 13.2. The van der Waals surface area contributed by atoms with Gasteiger partial charge in [0.25, 0.3) is 0 Å². The zero-order valence-electron chi connectivity index (χ0n) is 10.9. The summed E-state index contributed by atoms with van der Waals surface area (Å²) in [6.07, 6.45) is 0. The molecular weight excluding hydrogens is 344 g/mol. The number of aromatic carboxylic acids is 1. The first-order valence-electron chi connectivity index (χ1n) is 5.86. The Morgan fingerprint density at radius 2 is 1.80 bits per heavy atom. The Balaban J connectivity index is 2.42. The second-order valence-electron chi connectivity index (χ2n) is 4.42. The molecular formula is C15H12BrClO3. The van der Waals surface area contributed by atoms with Crippen LogP contribution in [0.15, 0.2) is 34.8 Å². The molecule has 0 aliphatic carbocycles. The second-order valence-corrected chi connectivity index (χ2v) is 5.71. The summed E-state index contributed by atoms with van der Waals surface area (Å²) in [5.74, 6) is -0.181. The number of rotatable bonds is 3. The fraction of sp³-hybridized carbons (Fsp3) is 0.133. The number of carboxylic acids is 1. The van der Waals surface area contributed by atoms with Gasteiger partial charge in [-0.25, -0.2) is 4.79 Å². The van der Waals surface area contributed by atoms with Crippen molar-refractivity contribution in [3.05, 3.63) is 56.5 Å². The van der Waals surface area contributed by atoms with Crippen molar-refractivity contribution < 1.29 is 14.6 Å². The smallest absolute Gasteiger partial charge is 0.339 e. The average Bonchev–Trinajstić information content (AvgIpc) is 2.37. The molecule has 2 aromatic rings. The summed E-state index contributed by atoms with van der Waals surface area (Å²) < 4.78 is 6.37. The minimum absolute atomic E-state index is 0.102. The standard InChI is InChI=1S/C15H12BrClO3/c1-8-5-11(6-9(2)14(8)17)20-13-4-3-10(16)7-12(13)15(18)19/h3-7H,1-2H3,(H,18,19). The fourth-order valence-corrected chi connectivity index (χ4v) is 2.32. The topological polar surface area (TPSA) is 46.5 Å². The molecule has 0 spiro atoms. The van der Waals surface area contributed by atoms with E-state index in [4.69, 9.17) is 16.3 Å². The molecule has 0 fully saturated rings. The Morgan fingerprint density at radius 3 is 2.35 bits per heavy atom. The van der Waals surface area contributed by atoms with Crippen LogP contribution in [0.5, 0.6) is 11.5 Å². The first kappa shape index (κ1) is 14.9. The SMILES string of the molecule is Cc1cc(Oc2ccc(Br)cc2C(=O)O)cc(C)c1Cl. The third-order valence-electron chi connectivity index (χ3n) is 2.81. The molecule has 0 atom stereocenters. The molecule has 3 nitrogen and oxygen atoms in total. The van der Waals surface area contributed by atoms with E-state index in [-0.39, 0.29) is 5.56 Å². The van der Waals surface area contributed by atoms with Crippen LogP contribution in [0, 0.1) is 13.8 Å². The van der Waals surface area contributed by atoms with Crippen LogP contribution < -0.4 is 4.74 Å². The van der Waals surface area contributed by atoms with Crippen LogP contribution in [0.4, 0.5) is 0 Å². The van der Waals surface area contributed by atoms with E-state index in [1.54, 1.807) is 24.3 Å². The summed E-state index contributed by atoms with van der Waals surface area (Å²) in [4.78, 5) is 11.2. The van der Waals surface area contributed by atoms with Crippen LogP contribution in [-0.2, 0) is 0 Å². The van der Waals surface area contributed by atoms with E-state index in [1.165, 1.54) is 6.07 Å². The Labute approximate surface area is 130 Å². The Morgan fingerprint density at radius 1 is 1.20 bits per heavy atom. The van der Waals surface area contributed by atoms with Crippen molar-refractivity contribution >= 4 is 33.5 Å². The van der Waals surface area contributed by atoms with Crippen LogP contribution in [-0.4, -0.2) is 11.1 Å². The molecule has 104 valence electrons. The molecule has 0 bridgehead atoms. The summed E-state index contributed by atoms with van der Waals surface area (Å²) in [6.45, 7) is 3.75. The Hall–Kier alpha value is -1.52. The minimum Gasteiger partial charge on any atom is -0.478 e. The van der Waals surface area contributed by atoms with Gasteiger partial charge in [0.2, 0.25) is 0 Å². The summed E-state index contributed by atoms with van der Waals surface area (Å²) in [6, 6.07) is 8.42. The third-order valence-corrected chi connectivity index (χ3v) is 3.90. The van der Waals surface area contributed by atoms with Gasteiger partial charge in [-0.1, -0.05) is 27.5 Å². The highest BCUT2D eigenvalue weighted by atomic mass is 79.9. The number of hydrogen-bond acceptors (Lipinski definition) is 2. The van der Waals surface area contributed by atoms with E-state index >= 15 is 0 Å². The van der Waals surface area contributed by atoms with Gasteiger partial charge in [-0.3, -0.25) is 0 Å². The van der Waals surface area contributed by atoms with E-state index in [0.29, 0.717) is 21.0 Å². The maximum Gasteiger partial charge on any atom is 0.339 e. The Bertz CT molecular complexity index is 660. The molecule has 5 heteroatoms. The molecule has 0 radical (unpaired) electrons. The van der Waals surface area contributed by atoms with Crippen molar-refractivity contribution in [2.45, 2.75) is 13.8 Å². The lowest BCUT2D eigenvalue weighted by Crippen LogP contribution is -2.00. The van der Waals surface area contributed by atoms with Crippen molar-refractivity contribution in [2.75, 3.05) is 0 Å². The maximum atomic E-state index is 11.2. The van der Waals surface area contributed by atoms with E-state index in [9.17, 15) is 9.90 Å². The number of hydrogen-bond donors (Lipinski definition) is 1. The normalized spacial score (nSPS) is 10.4. The van der Waals surface area contributed by atoms with Crippen LogP contribution in [0.25, 0.3) is 0 Å². The van der Waals surface area contributed by atoms with Crippen molar-refractivity contribution in [3.8, 4) is 11.5 Å². The van der Waals surface area contributed by atoms with Crippen molar-refractivity contribution in [1.82, 2.24) is 0 Å². The van der Waals surface area contributed by atoms with Gasteiger partial charge in [0.05, 0.1) is 0 Å². The van der Waals surface area contributed by atoms with Gasteiger partial charge in [-0.15, -0.1) is 0 Å². The molecule has 0 aliphatic rings. The van der Waals surface area contributed by atoms with E-state index in [2.05, 4.69) is 15.9 Å². The number of benzene rings is 2. The minimum atomic E-state index is -1.04. The number of aryl methyl sites for hydroxylation is 2. The Kier molecular flexibility index (Phi) is 4.35. The molecule has 0 aromatic heterocycles. The molecule has 0 unspecified atom stereocenters. The molecule has 1 N–H and O–H groups in total. The lowest BCUT2D eigenvalue weighted by molar-refractivity contribution is 0.0694. The van der Waals surface area contributed by atoms with Gasteiger partial charge in [-0.05, 0) is 55.3 Å². The van der Waals surface area contributed by atoms with Gasteiger partial charge in [0, 0.05) is 9.50 Å². The number of carboxylic acid groups (broad SMARTS) is 1. The first-order valence-corrected chi connectivity index (χ1v) is 7.03. The van der Waals surface area contributed by atoms with Crippen LogP contribution in [0.2, 0.25) is 5.02 Å². The number of ether oxygens (including phenoxy) is 1. The predicted octanol–water partition coefficient (Wildman–Crippen LogP) is 5.21. The highest BCUT2D eigenvalue weighted by Gasteiger charge is 2.13. The molecule has 20 heavy (non-hydrogen) atoms. The summed E-state index contributed by atoms with van der Waals surface area (Å²) in [7, 11) is 0. The monoisotopic (exact) mass is 354 g/mol. The maximum absolute atomic E-state index is 11.2. The average molecular weight is 356 g/mol. The highest BCUT2D eigenvalue weighted by Crippen LogP contribution is 2.32. The molecule has 0 heterocycles. The van der Waals surface area contributed by atoms with Crippen molar-refractivity contribution in [1.29, 1.82) is 0 Å². The van der Waals surface area contributed by atoms with Gasteiger partial charge < -0.3 is 9.84 Å². The quantitative estimate of drug-likeness (QED) is 0.822. The third kappa shape index (κ3) is 3.14. The molecule has 0 aliphatic heterocycles. The highest BCUT2D eigenvalue weighted by molar-refractivity contribution is 9.10. The van der Waals surface area contributed by atoms with Gasteiger partial charge in [0.15, 0.2) is 0 Å². The molecule has 2 rings (SSSR count). The predicted molar refractivity (Wildman–Crippen MR) is 82.1 cm³/mol. The lowest BCUT2D eigenvalue weighted by Gasteiger charge is -2.11. The first-order chi connectivity index (χ1) is 9.38. The van der Waals surface area contributed by atoms with Crippen molar-refractivity contribution in [2.24, 2.45) is 0 Å². The van der Waals surface area contributed by atoms with Gasteiger partial charge in [0.1, 0.15) is 17.1 Å². The summed E-state index contributed by atoms with van der Waals surface area (Å²) in [5, 5.41) is 9.89. The molecule has 0 amide bonds. The summed E-state index contributed by atoms with van der Waals surface area (Å²) >= 11 is 9.35. The van der Waals surface area contributed by atoms with Crippen LogP contribution >= 0.6 is 27.5 Å².